The van der Waals surface area contributed by atoms with Gasteiger partial charge in [0.15, 0.2) is 0 Å². The molecule has 1 rings (SSSR count). The molecule has 6 nitrogen and oxygen atoms in total. The molecule has 0 saturated heterocycles. The number of hydrazine groups is 1. The van der Waals surface area contributed by atoms with Gasteiger partial charge in [0.05, 0.1) is 0 Å². The molecule has 0 amide bonds. The molecule has 1 aromatic heterocycles. The highest BCUT2D eigenvalue weighted by Crippen LogP contribution is 2.14. The fourth-order valence-corrected chi connectivity index (χ4v) is 2.57. The van der Waals surface area contributed by atoms with Crippen molar-refractivity contribution < 1.29 is 8.42 Å². The maximum Gasteiger partial charge on any atom is 0.254 e. The number of hydrogen-bond acceptors (Lipinski definition) is 4. The number of nitrogens with one attached hydrogen (secondary N) is 1. The molecular formula is C9H18N4O2S. The Bertz CT molecular complexity index is 429. The molecule has 16 heavy (non-hydrogen) atoms. The summed E-state index contributed by atoms with van der Waals surface area (Å²) in [5.74, 6) is 0. The molecule has 0 aliphatic carbocycles. The van der Waals surface area contributed by atoms with Gasteiger partial charge in [0.25, 0.3) is 10.0 Å². The fraction of sp³-hybridized carbons (Fsp3) is 0.556. The number of nitrogens with two attached hydrogens (primary N) is 1. The van der Waals surface area contributed by atoms with E-state index in [1.54, 1.807) is 26.4 Å². The van der Waals surface area contributed by atoms with E-state index in [4.69, 9.17) is 5.73 Å². The first-order valence-electron chi connectivity index (χ1n) is 4.99. The molecule has 1 aromatic rings. The number of aromatic nitrogens is 1. The highest BCUT2D eigenvalue weighted by Gasteiger charge is 2.18. The predicted molar refractivity (Wildman–Crippen MR) is 62.0 cm³/mol. The number of hydrogen-bond donors (Lipinski definition) is 2. The van der Waals surface area contributed by atoms with Gasteiger partial charge in [0.2, 0.25) is 0 Å². The fourth-order valence-electron chi connectivity index (χ4n) is 1.43. The first kappa shape index (κ1) is 13.2. The topological polar surface area (TPSA) is 80.4 Å². The zero-order valence-corrected chi connectivity index (χ0v) is 10.6. The van der Waals surface area contributed by atoms with Gasteiger partial charge in [-0.2, -0.15) is 0 Å². The summed E-state index contributed by atoms with van der Waals surface area (Å²) in [6.07, 6.45) is 1.59. The maximum absolute atomic E-state index is 11.8. The summed E-state index contributed by atoms with van der Waals surface area (Å²) in [6.45, 7) is 2.96. The molecular weight excluding hydrogens is 228 g/mol. The van der Waals surface area contributed by atoms with Crippen LogP contribution in [-0.4, -0.2) is 32.1 Å². The first-order chi connectivity index (χ1) is 7.40. The average molecular weight is 246 g/mol. The van der Waals surface area contributed by atoms with E-state index >= 15 is 0 Å². The van der Waals surface area contributed by atoms with Crippen LogP contribution in [0.15, 0.2) is 17.2 Å². The van der Waals surface area contributed by atoms with E-state index in [-0.39, 0.29) is 4.90 Å². The summed E-state index contributed by atoms with van der Waals surface area (Å²) < 4.78 is 25.5. The standard InChI is InChI=1S/C9H18N4O2S/c1-4-13-7-9(5-8(13)6-10)16(14,15)11-12(2)3/h5,7,11H,4,6,10H2,1-3H3. The molecule has 0 unspecified atom stereocenters. The summed E-state index contributed by atoms with van der Waals surface area (Å²) in [4.78, 5) is 2.61. The zero-order valence-electron chi connectivity index (χ0n) is 9.77. The zero-order chi connectivity index (χ0) is 12.3. The molecule has 0 aromatic carbocycles. The van der Waals surface area contributed by atoms with Crippen LogP contribution < -0.4 is 10.6 Å². The van der Waals surface area contributed by atoms with Gasteiger partial charge in [-0.05, 0) is 13.0 Å². The van der Waals surface area contributed by atoms with E-state index in [1.165, 1.54) is 5.01 Å². The third-order valence-corrected chi connectivity index (χ3v) is 3.57. The van der Waals surface area contributed by atoms with Gasteiger partial charge in [0, 0.05) is 39.1 Å². The van der Waals surface area contributed by atoms with Gasteiger partial charge < -0.3 is 10.3 Å². The summed E-state index contributed by atoms with van der Waals surface area (Å²) in [7, 11) is -0.235. The second-order valence-corrected chi connectivity index (χ2v) is 5.31. The minimum absolute atomic E-state index is 0.239. The van der Waals surface area contributed by atoms with Gasteiger partial charge in [0.1, 0.15) is 4.90 Å². The van der Waals surface area contributed by atoms with Gasteiger partial charge in [-0.1, -0.05) is 0 Å². The molecule has 0 saturated carbocycles. The van der Waals surface area contributed by atoms with Gasteiger partial charge in [-0.15, -0.1) is 4.83 Å². The summed E-state index contributed by atoms with van der Waals surface area (Å²) in [5, 5.41) is 1.39. The predicted octanol–water partition coefficient (Wildman–Crippen LogP) is -0.278. The van der Waals surface area contributed by atoms with E-state index in [0.29, 0.717) is 13.1 Å². The summed E-state index contributed by atoms with van der Waals surface area (Å²) in [5.41, 5.74) is 6.34. The van der Waals surface area contributed by atoms with Crippen molar-refractivity contribution in [1.82, 2.24) is 14.4 Å². The van der Waals surface area contributed by atoms with Crippen LogP contribution in [0, 0.1) is 0 Å². The van der Waals surface area contributed by atoms with Crippen LogP contribution in [0.25, 0.3) is 0 Å². The summed E-state index contributed by atoms with van der Waals surface area (Å²) >= 11 is 0. The minimum atomic E-state index is -3.48. The second-order valence-electron chi connectivity index (χ2n) is 3.65. The molecule has 0 fully saturated rings. The number of nitrogens with zero attached hydrogens (tertiary/aromatic N) is 2. The molecule has 92 valence electrons. The van der Waals surface area contributed by atoms with Crippen LogP contribution in [0.3, 0.4) is 0 Å². The van der Waals surface area contributed by atoms with E-state index in [0.717, 1.165) is 5.69 Å². The monoisotopic (exact) mass is 246 g/mol. The highest BCUT2D eigenvalue weighted by molar-refractivity contribution is 7.89. The van der Waals surface area contributed by atoms with Crippen molar-refractivity contribution in [2.75, 3.05) is 14.1 Å². The number of sulfonamides is 1. The van der Waals surface area contributed by atoms with Crippen molar-refractivity contribution in [3.63, 3.8) is 0 Å². The lowest BCUT2D eigenvalue weighted by Crippen LogP contribution is -2.35. The van der Waals surface area contributed by atoms with Crippen molar-refractivity contribution in [2.45, 2.75) is 24.9 Å². The van der Waals surface area contributed by atoms with Crippen LogP contribution in [0.1, 0.15) is 12.6 Å². The third-order valence-electron chi connectivity index (χ3n) is 2.12. The molecule has 0 aliphatic rings. The Morgan fingerprint density at radius 2 is 2.12 bits per heavy atom. The lowest BCUT2D eigenvalue weighted by Gasteiger charge is -2.10. The molecule has 7 heteroatoms. The Kier molecular flexibility index (Phi) is 4.09. The average Bonchev–Trinajstić information content (AvgIpc) is 2.59. The Morgan fingerprint density at radius 1 is 1.50 bits per heavy atom. The molecule has 0 aliphatic heterocycles. The van der Waals surface area contributed by atoms with Crippen molar-refractivity contribution in [3.8, 4) is 0 Å². The van der Waals surface area contributed by atoms with E-state index in [9.17, 15) is 8.42 Å². The van der Waals surface area contributed by atoms with Crippen molar-refractivity contribution in [2.24, 2.45) is 5.73 Å². The van der Waals surface area contributed by atoms with Crippen molar-refractivity contribution in [3.05, 3.63) is 18.0 Å². The first-order valence-corrected chi connectivity index (χ1v) is 6.48. The largest absolute Gasteiger partial charge is 0.349 e. The molecule has 0 bridgehead atoms. The summed E-state index contributed by atoms with van der Waals surface area (Å²) in [6, 6.07) is 1.59. The number of aryl methyl sites for hydroxylation is 1. The lowest BCUT2D eigenvalue weighted by atomic mass is 10.4. The second kappa shape index (κ2) is 4.96. The van der Waals surface area contributed by atoms with E-state index in [2.05, 4.69) is 4.83 Å². The molecule has 0 atom stereocenters. The lowest BCUT2D eigenvalue weighted by molar-refractivity contribution is 0.364. The van der Waals surface area contributed by atoms with Crippen LogP contribution >= 0.6 is 0 Å². The smallest absolute Gasteiger partial charge is 0.254 e. The van der Waals surface area contributed by atoms with E-state index in [1.807, 2.05) is 11.5 Å². The Labute approximate surface area is 96.1 Å². The third kappa shape index (κ3) is 2.82. The Hall–Kier alpha value is -0.890. The Balaban J connectivity index is 3.09. The normalized spacial score (nSPS) is 12.3. The van der Waals surface area contributed by atoms with Gasteiger partial charge in [-0.25, -0.2) is 13.4 Å². The van der Waals surface area contributed by atoms with Crippen LogP contribution in [0.4, 0.5) is 0 Å². The van der Waals surface area contributed by atoms with E-state index < -0.39 is 10.0 Å². The molecule has 3 N–H and O–H groups in total. The van der Waals surface area contributed by atoms with Crippen molar-refractivity contribution in [1.29, 1.82) is 0 Å². The SMILES string of the molecule is CCn1cc(S(=O)(=O)NN(C)C)cc1CN. The van der Waals surface area contributed by atoms with Crippen LogP contribution in [0.5, 0.6) is 0 Å². The van der Waals surface area contributed by atoms with Crippen molar-refractivity contribution >= 4 is 10.0 Å². The quantitative estimate of drug-likeness (QED) is 0.700. The van der Waals surface area contributed by atoms with Crippen LogP contribution in [0.2, 0.25) is 0 Å². The molecule has 0 spiro atoms. The highest BCUT2D eigenvalue weighted by atomic mass is 32.2. The van der Waals surface area contributed by atoms with Gasteiger partial charge >= 0.3 is 0 Å². The molecule has 1 heterocycles. The Morgan fingerprint density at radius 3 is 2.50 bits per heavy atom. The van der Waals surface area contributed by atoms with Gasteiger partial charge in [-0.3, -0.25) is 0 Å². The number of rotatable bonds is 5. The molecule has 0 radical (unpaired) electrons. The minimum Gasteiger partial charge on any atom is -0.349 e. The van der Waals surface area contributed by atoms with Crippen LogP contribution in [-0.2, 0) is 23.1 Å². The maximum atomic E-state index is 11.8.